The minimum atomic E-state index is -5.13. The topological polar surface area (TPSA) is 99.0 Å². The molecule has 106 valence electrons. The summed E-state index contributed by atoms with van der Waals surface area (Å²) in [6.45, 7) is -0.672. The summed E-state index contributed by atoms with van der Waals surface area (Å²) in [7, 11) is 0. The molecule has 1 rings (SSSR count). The van der Waals surface area contributed by atoms with Crippen molar-refractivity contribution in [2.24, 2.45) is 0 Å². The van der Waals surface area contributed by atoms with Crippen LogP contribution in [0, 0.1) is 0 Å². The van der Waals surface area contributed by atoms with E-state index >= 15 is 0 Å². The average molecular weight is 338 g/mol. The number of aliphatic hydroxyl groups excluding tert-OH is 3. The Labute approximate surface area is 108 Å². The number of hydrogen-bond acceptors (Lipinski definition) is 5. The smallest absolute Gasteiger partial charge is 0.394 e. The van der Waals surface area contributed by atoms with Crippen molar-refractivity contribution in [3.05, 3.63) is 0 Å². The summed E-state index contributed by atoms with van der Waals surface area (Å²) >= 11 is 2.82. The van der Waals surface area contributed by atoms with E-state index < -0.39 is 48.1 Å². The zero-order valence-electron chi connectivity index (χ0n) is 8.76. The SMILES string of the molecule is O=C(N[C@@H]1[C@H](O)[C@@H](Br)O[C@H](CO)[C@H]1O)C(F)(F)F. The first-order valence-electron chi connectivity index (χ1n) is 4.82. The second kappa shape index (κ2) is 5.70. The van der Waals surface area contributed by atoms with Crippen molar-refractivity contribution in [3.8, 4) is 0 Å². The maximum absolute atomic E-state index is 12.1. The third-order valence-corrected chi connectivity index (χ3v) is 3.18. The molecular weight excluding hydrogens is 327 g/mol. The van der Waals surface area contributed by atoms with Gasteiger partial charge in [0.05, 0.1) is 12.6 Å². The monoisotopic (exact) mass is 337 g/mol. The summed E-state index contributed by atoms with van der Waals surface area (Å²) in [4.78, 5) is 10.7. The fourth-order valence-electron chi connectivity index (χ4n) is 1.48. The molecule has 0 unspecified atom stereocenters. The molecule has 0 aliphatic carbocycles. The minimum absolute atomic E-state index is 0.672. The zero-order valence-corrected chi connectivity index (χ0v) is 10.3. The van der Waals surface area contributed by atoms with Crippen LogP contribution in [0.5, 0.6) is 0 Å². The van der Waals surface area contributed by atoms with E-state index in [1.807, 2.05) is 0 Å². The first-order chi connectivity index (χ1) is 8.18. The Morgan fingerprint density at radius 2 is 1.89 bits per heavy atom. The molecule has 0 spiro atoms. The Kier molecular flexibility index (Phi) is 4.95. The van der Waals surface area contributed by atoms with E-state index in [1.54, 1.807) is 0 Å². The van der Waals surface area contributed by atoms with Gasteiger partial charge in [0.25, 0.3) is 0 Å². The predicted octanol–water partition coefficient (Wildman–Crippen LogP) is -1.13. The van der Waals surface area contributed by atoms with Gasteiger partial charge in [0, 0.05) is 0 Å². The third kappa shape index (κ3) is 3.32. The molecule has 1 aliphatic rings. The van der Waals surface area contributed by atoms with E-state index in [0.29, 0.717) is 0 Å². The molecule has 5 atom stereocenters. The van der Waals surface area contributed by atoms with E-state index in [-0.39, 0.29) is 0 Å². The van der Waals surface area contributed by atoms with Crippen LogP contribution in [0.1, 0.15) is 0 Å². The fourth-order valence-corrected chi connectivity index (χ4v) is 2.09. The first-order valence-corrected chi connectivity index (χ1v) is 5.74. The molecule has 1 fully saturated rings. The van der Waals surface area contributed by atoms with Crippen LogP contribution in [0.4, 0.5) is 13.2 Å². The van der Waals surface area contributed by atoms with Gasteiger partial charge in [0.2, 0.25) is 0 Å². The van der Waals surface area contributed by atoms with Crippen LogP contribution in [0.2, 0.25) is 0 Å². The summed E-state index contributed by atoms with van der Waals surface area (Å²) in [5.41, 5.74) is 0. The highest BCUT2D eigenvalue weighted by molar-refractivity contribution is 9.09. The number of aliphatic hydroxyl groups is 3. The molecule has 0 aromatic heterocycles. The van der Waals surface area contributed by atoms with E-state index in [1.165, 1.54) is 5.32 Å². The first kappa shape index (κ1) is 15.6. The van der Waals surface area contributed by atoms with Crippen molar-refractivity contribution in [3.63, 3.8) is 0 Å². The Morgan fingerprint density at radius 3 is 2.33 bits per heavy atom. The summed E-state index contributed by atoms with van der Waals surface area (Å²) in [6, 6.07) is -1.60. The Morgan fingerprint density at radius 1 is 1.33 bits per heavy atom. The van der Waals surface area contributed by atoms with Gasteiger partial charge in [-0.3, -0.25) is 4.79 Å². The molecule has 1 saturated heterocycles. The number of hydrogen-bond donors (Lipinski definition) is 4. The Bertz CT molecular complexity index is 316. The molecular formula is C8H11BrF3NO5. The van der Waals surface area contributed by atoms with E-state index in [9.17, 15) is 28.2 Å². The molecule has 18 heavy (non-hydrogen) atoms. The number of alkyl halides is 4. The van der Waals surface area contributed by atoms with E-state index in [2.05, 4.69) is 15.9 Å². The summed E-state index contributed by atoms with van der Waals surface area (Å²) in [5.74, 6) is -2.29. The van der Waals surface area contributed by atoms with Crippen LogP contribution >= 0.6 is 15.9 Å². The Balaban J connectivity index is 2.80. The molecule has 1 amide bonds. The van der Waals surface area contributed by atoms with Crippen LogP contribution < -0.4 is 5.32 Å². The largest absolute Gasteiger partial charge is 0.471 e. The van der Waals surface area contributed by atoms with Gasteiger partial charge in [0.15, 0.2) is 0 Å². The average Bonchev–Trinajstić information content (AvgIpc) is 2.27. The van der Waals surface area contributed by atoms with Crippen molar-refractivity contribution >= 4 is 21.8 Å². The van der Waals surface area contributed by atoms with E-state index in [0.717, 1.165) is 0 Å². The second-order valence-electron chi connectivity index (χ2n) is 3.69. The lowest BCUT2D eigenvalue weighted by atomic mass is 9.97. The van der Waals surface area contributed by atoms with Crippen LogP contribution in [0.3, 0.4) is 0 Å². The summed E-state index contributed by atoms with van der Waals surface area (Å²) < 4.78 is 41.1. The molecule has 0 aromatic rings. The summed E-state index contributed by atoms with van der Waals surface area (Å²) in [5, 5.41) is 28.3. The molecule has 10 heteroatoms. The van der Waals surface area contributed by atoms with Gasteiger partial charge in [-0.1, -0.05) is 15.9 Å². The van der Waals surface area contributed by atoms with Crippen molar-refractivity contribution < 1.29 is 38.0 Å². The highest BCUT2D eigenvalue weighted by Gasteiger charge is 2.48. The van der Waals surface area contributed by atoms with Gasteiger partial charge in [-0.15, -0.1) is 0 Å². The van der Waals surface area contributed by atoms with Gasteiger partial charge in [0.1, 0.15) is 23.3 Å². The number of carbonyl (C=O) groups excluding carboxylic acids is 1. The van der Waals surface area contributed by atoms with Gasteiger partial charge >= 0.3 is 12.1 Å². The van der Waals surface area contributed by atoms with Crippen molar-refractivity contribution in [1.29, 1.82) is 0 Å². The normalized spacial score (nSPS) is 37.4. The third-order valence-electron chi connectivity index (χ3n) is 2.43. The van der Waals surface area contributed by atoms with Gasteiger partial charge in [-0.2, -0.15) is 13.2 Å². The van der Waals surface area contributed by atoms with Gasteiger partial charge < -0.3 is 25.4 Å². The number of nitrogens with one attached hydrogen (secondary N) is 1. The maximum atomic E-state index is 12.1. The van der Waals surface area contributed by atoms with Crippen LogP contribution in [-0.4, -0.2) is 63.4 Å². The minimum Gasteiger partial charge on any atom is -0.394 e. The fraction of sp³-hybridized carbons (Fsp3) is 0.875. The lowest BCUT2D eigenvalue weighted by molar-refractivity contribution is -0.188. The Hall–Kier alpha value is -0.420. The number of halogens is 4. The molecule has 0 aromatic carbocycles. The standard InChI is InChI=1S/C8H11BrF3NO5/c9-6-5(16)3(4(15)2(1-14)18-6)13-7(17)8(10,11)12/h2-6,14-16H,1H2,(H,13,17)/t2-,3+,4-,5+,6+/m1/s1. The van der Waals surface area contributed by atoms with E-state index in [4.69, 9.17) is 9.84 Å². The highest BCUT2D eigenvalue weighted by atomic mass is 79.9. The van der Waals surface area contributed by atoms with Crippen molar-refractivity contribution in [1.82, 2.24) is 5.32 Å². The number of ether oxygens (including phenoxy) is 1. The highest BCUT2D eigenvalue weighted by Crippen LogP contribution is 2.25. The van der Waals surface area contributed by atoms with Crippen LogP contribution in [-0.2, 0) is 9.53 Å². The predicted molar refractivity (Wildman–Crippen MR) is 54.7 cm³/mol. The number of amides is 1. The number of rotatable bonds is 2. The number of carbonyl (C=O) groups is 1. The van der Waals surface area contributed by atoms with Gasteiger partial charge in [-0.25, -0.2) is 0 Å². The zero-order chi connectivity index (χ0) is 14.1. The van der Waals surface area contributed by atoms with Crippen LogP contribution in [0.25, 0.3) is 0 Å². The quantitative estimate of drug-likeness (QED) is 0.478. The van der Waals surface area contributed by atoms with Crippen molar-refractivity contribution in [2.75, 3.05) is 6.61 Å². The van der Waals surface area contributed by atoms with Gasteiger partial charge in [-0.05, 0) is 0 Å². The molecule has 1 heterocycles. The second-order valence-corrected chi connectivity index (χ2v) is 4.59. The lowest BCUT2D eigenvalue weighted by Gasteiger charge is -2.40. The van der Waals surface area contributed by atoms with Crippen molar-refractivity contribution in [2.45, 2.75) is 35.5 Å². The molecule has 0 radical (unpaired) electrons. The molecule has 6 nitrogen and oxygen atoms in total. The molecule has 4 N–H and O–H groups in total. The molecule has 1 aliphatic heterocycles. The summed E-state index contributed by atoms with van der Waals surface area (Å²) in [6.07, 6.45) is -9.59. The maximum Gasteiger partial charge on any atom is 0.471 e. The lowest BCUT2D eigenvalue weighted by Crippen LogP contribution is -2.64. The molecule has 0 saturated carbocycles. The molecule has 0 bridgehead atoms. The van der Waals surface area contributed by atoms with Crippen LogP contribution in [0.15, 0.2) is 0 Å².